The molecular weight excluding hydrogens is 242 g/mol. The molecule has 2 N–H and O–H groups in total. The lowest BCUT2D eigenvalue weighted by Gasteiger charge is -2.21. The number of hydrogen-bond donors (Lipinski definition) is 2. The van der Waals surface area contributed by atoms with E-state index in [-0.39, 0.29) is 0 Å². The molecule has 0 spiro atoms. The zero-order valence-electron chi connectivity index (χ0n) is 11.2. The molecule has 0 saturated heterocycles. The largest absolute Gasteiger partial charge is 0.481 e. The maximum absolute atomic E-state index is 11.5. The van der Waals surface area contributed by atoms with Gasteiger partial charge in [-0.15, -0.1) is 0 Å². The summed E-state index contributed by atoms with van der Waals surface area (Å²) in [4.78, 5) is 16.1. The number of carboxylic acid groups (broad SMARTS) is 1. The molecule has 0 amide bonds. The van der Waals surface area contributed by atoms with Crippen molar-refractivity contribution < 1.29 is 9.90 Å². The molecule has 2 fully saturated rings. The fourth-order valence-corrected chi connectivity index (χ4v) is 3.59. The molecule has 0 unspecified atom stereocenters. The van der Waals surface area contributed by atoms with Crippen molar-refractivity contribution >= 4 is 5.97 Å². The normalized spacial score (nSPS) is 22.9. The van der Waals surface area contributed by atoms with Crippen molar-refractivity contribution in [1.82, 2.24) is 15.2 Å². The second-order valence-corrected chi connectivity index (χ2v) is 6.09. The lowest BCUT2D eigenvalue weighted by molar-refractivity contribution is -0.148. The molecule has 104 valence electrons. The highest BCUT2D eigenvalue weighted by Gasteiger charge is 2.42. The van der Waals surface area contributed by atoms with Gasteiger partial charge in [0.05, 0.1) is 5.41 Å². The van der Waals surface area contributed by atoms with E-state index in [1.54, 1.807) is 0 Å². The van der Waals surface area contributed by atoms with Gasteiger partial charge in [0.25, 0.3) is 0 Å². The zero-order valence-corrected chi connectivity index (χ0v) is 11.2. The van der Waals surface area contributed by atoms with Crippen molar-refractivity contribution in [3.63, 3.8) is 0 Å². The van der Waals surface area contributed by atoms with E-state index in [1.165, 1.54) is 25.7 Å². The van der Waals surface area contributed by atoms with Gasteiger partial charge in [-0.3, -0.25) is 9.89 Å². The maximum Gasteiger partial charge on any atom is 0.310 e. The van der Waals surface area contributed by atoms with Crippen LogP contribution in [0.4, 0.5) is 0 Å². The van der Waals surface area contributed by atoms with Crippen LogP contribution in [0.15, 0.2) is 0 Å². The first-order chi connectivity index (χ1) is 9.20. The number of nitrogens with zero attached hydrogens (tertiary/aromatic N) is 2. The summed E-state index contributed by atoms with van der Waals surface area (Å²) in [6, 6.07) is 0. The summed E-state index contributed by atoms with van der Waals surface area (Å²) >= 11 is 0. The Labute approximate surface area is 112 Å². The molecule has 0 radical (unpaired) electrons. The summed E-state index contributed by atoms with van der Waals surface area (Å²) in [5.41, 5.74) is -0.605. The van der Waals surface area contributed by atoms with Crippen molar-refractivity contribution in [3.8, 4) is 0 Å². The van der Waals surface area contributed by atoms with Gasteiger partial charge in [0.1, 0.15) is 5.82 Å². The molecule has 0 aromatic carbocycles. The number of carboxylic acids is 1. The van der Waals surface area contributed by atoms with Crippen LogP contribution in [-0.4, -0.2) is 26.3 Å². The van der Waals surface area contributed by atoms with Crippen LogP contribution < -0.4 is 0 Å². The molecule has 0 aliphatic heterocycles. The molecule has 2 aliphatic carbocycles. The first-order valence-electron chi connectivity index (χ1n) is 7.34. The maximum atomic E-state index is 11.5. The van der Waals surface area contributed by atoms with Crippen LogP contribution in [-0.2, 0) is 11.2 Å². The molecule has 1 aromatic heterocycles. The average Bonchev–Trinajstić information content (AvgIpc) is 3.10. The summed E-state index contributed by atoms with van der Waals surface area (Å²) in [5, 5.41) is 16.7. The quantitative estimate of drug-likeness (QED) is 0.875. The van der Waals surface area contributed by atoms with E-state index >= 15 is 0 Å². The molecule has 5 heteroatoms. The number of hydrogen-bond acceptors (Lipinski definition) is 3. The van der Waals surface area contributed by atoms with Crippen LogP contribution >= 0.6 is 0 Å². The highest BCUT2D eigenvalue weighted by molar-refractivity contribution is 5.75. The molecule has 2 aliphatic rings. The number of rotatable bonds is 4. The van der Waals surface area contributed by atoms with E-state index < -0.39 is 11.4 Å². The minimum atomic E-state index is -0.677. The monoisotopic (exact) mass is 263 g/mol. The van der Waals surface area contributed by atoms with E-state index in [0.717, 1.165) is 37.3 Å². The molecule has 1 heterocycles. The van der Waals surface area contributed by atoms with Crippen LogP contribution in [0.1, 0.15) is 68.9 Å². The van der Waals surface area contributed by atoms with E-state index in [0.29, 0.717) is 12.3 Å². The van der Waals surface area contributed by atoms with E-state index in [1.807, 2.05) is 0 Å². The average molecular weight is 263 g/mol. The van der Waals surface area contributed by atoms with E-state index in [9.17, 15) is 9.90 Å². The SMILES string of the molecule is O=C(O)C1(Cc2nc(C3CCCC3)n[nH]2)CCCC1. The lowest BCUT2D eigenvalue weighted by atomic mass is 9.82. The van der Waals surface area contributed by atoms with Crippen molar-refractivity contribution in [2.45, 2.75) is 63.7 Å². The van der Waals surface area contributed by atoms with Crippen molar-refractivity contribution in [2.24, 2.45) is 5.41 Å². The topological polar surface area (TPSA) is 78.9 Å². The zero-order chi connectivity index (χ0) is 13.3. The Balaban J connectivity index is 1.73. The first kappa shape index (κ1) is 12.6. The minimum absolute atomic E-state index is 0.481. The summed E-state index contributed by atoms with van der Waals surface area (Å²) in [5.74, 6) is 1.45. The van der Waals surface area contributed by atoms with Crippen molar-refractivity contribution in [3.05, 3.63) is 11.6 Å². The van der Waals surface area contributed by atoms with Gasteiger partial charge in [-0.25, -0.2) is 4.98 Å². The highest BCUT2D eigenvalue weighted by Crippen LogP contribution is 2.41. The van der Waals surface area contributed by atoms with Crippen LogP contribution in [0.5, 0.6) is 0 Å². The molecule has 0 atom stereocenters. The van der Waals surface area contributed by atoms with Gasteiger partial charge >= 0.3 is 5.97 Å². The molecular formula is C14H21N3O2. The summed E-state index contributed by atoms with van der Waals surface area (Å²) < 4.78 is 0. The van der Waals surface area contributed by atoms with Crippen molar-refractivity contribution in [1.29, 1.82) is 0 Å². The van der Waals surface area contributed by atoms with Crippen LogP contribution in [0, 0.1) is 5.41 Å². The Morgan fingerprint density at radius 2 is 1.95 bits per heavy atom. The van der Waals surface area contributed by atoms with Crippen LogP contribution in [0.3, 0.4) is 0 Å². The van der Waals surface area contributed by atoms with Gasteiger partial charge in [-0.2, -0.15) is 5.10 Å². The molecule has 1 aromatic rings. The number of H-pyrrole nitrogens is 1. The van der Waals surface area contributed by atoms with Crippen LogP contribution in [0.25, 0.3) is 0 Å². The first-order valence-corrected chi connectivity index (χ1v) is 7.34. The standard InChI is InChI=1S/C14H21N3O2/c18-13(19)14(7-3-4-8-14)9-11-15-12(17-16-11)10-5-1-2-6-10/h10H,1-9H2,(H,18,19)(H,15,16,17). The molecule has 2 saturated carbocycles. The second-order valence-electron chi connectivity index (χ2n) is 6.09. The van der Waals surface area contributed by atoms with Gasteiger partial charge in [-0.1, -0.05) is 25.7 Å². The van der Waals surface area contributed by atoms with Crippen molar-refractivity contribution in [2.75, 3.05) is 0 Å². The third kappa shape index (κ3) is 2.38. The Morgan fingerprint density at radius 1 is 1.26 bits per heavy atom. The predicted molar refractivity (Wildman–Crippen MR) is 69.8 cm³/mol. The highest BCUT2D eigenvalue weighted by atomic mass is 16.4. The van der Waals surface area contributed by atoms with Gasteiger partial charge in [-0.05, 0) is 25.7 Å². The Bertz CT molecular complexity index is 457. The van der Waals surface area contributed by atoms with Crippen LogP contribution in [0.2, 0.25) is 0 Å². The van der Waals surface area contributed by atoms with Gasteiger partial charge < -0.3 is 5.11 Å². The third-order valence-corrected chi connectivity index (χ3v) is 4.79. The summed E-state index contributed by atoms with van der Waals surface area (Å²) in [6.45, 7) is 0. The predicted octanol–water partition coefficient (Wildman–Crippen LogP) is 2.65. The minimum Gasteiger partial charge on any atom is -0.481 e. The number of aromatic nitrogens is 3. The van der Waals surface area contributed by atoms with E-state index in [4.69, 9.17) is 0 Å². The van der Waals surface area contributed by atoms with Gasteiger partial charge in [0.15, 0.2) is 5.82 Å². The Hall–Kier alpha value is -1.39. The summed E-state index contributed by atoms with van der Waals surface area (Å²) in [6.07, 6.45) is 8.90. The molecule has 19 heavy (non-hydrogen) atoms. The fraction of sp³-hybridized carbons (Fsp3) is 0.786. The Kier molecular flexibility index (Phi) is 3.29. The Morgan fingerprint density at radius 3 is 2.58 bits per heavy atom. The number of nitrogens with one attached hydrogen (secondary N) is 1. The lowest BCUT2D eigenvalue weighted by Crippen LogP contribution is -2.30. The number of carbonyl (C=O) groups is 1. The summed E-state index contributed by atoms with van der Waals surface area (Å²) in [7, 11) is 0. The smallest absolute Gasteiger partial charge is 0.310 e. The molecule has 3 rings (SSSR count). The molecule has 0 bridgehead atoms. The van der Waals surface area contributed by atoms with E-state index in [2.05, 4.69) is 15.2 Å². The molecule has 5 nitrogen and oxygen atoms in total. The second kappa shape index (κ2) is 4.94. The van der Waals surface area contributed by atoms with Gasteiger partial charge in [0.2, 0.25) is 0 Å². The van der Waals surface area contributed by atoms with Gasteiger partial charge in [0, 0.05) is 12.3 Å². The number of aromatic amines is 1. The fourth-order valence-electron chi connectivity index (χ4n) is 3.59. The third-order valence-electron chi connectivity index (χ3n) is 4.79. The number of aliphatic carboxylic acids is 1.